The number of fused-ring (bicyclic) bond motifs is 1. The molecule has 0 aromatic heterocycles. The molecule has 0 saturated heterocycles. The average Bonchev–Trinajstić information content (AvgIpc) is 2.97. The molecule has 1 aliphatic carbocycles. The Hall–Kier alpha value is -2.36. The monoisotopic (exact) mass is 283 g/mol. The van der Waals surface area contributed by atoms with Crippen molar-refractivity contribution in [1.29, 1.82) is 0 Å². The second-order valence-corrected chi connectivity index (χ2v) is 5.60. The molecule has 0 bridgehead atoms. The number of carbonyl (C=O) groups excluding carboxylic acids is 1. The van der Waals surface area contributed by atoms with Gasteiger partial charge in [-0.2, -0.15) is 0 Å². The summed E-state index contributed by atoms with van der Waals surface area (Å²) < 4.78 is 0. The van der Waals surface area contributed by atoms with Crippen LogP contribution in [-0.4, -0.2) is 17.0 Å². The van der Waals surface area contributed by atoms with Crippen LogP contribution in [0.1, 0.15) is 19.3 Å². The maximum absolute atomic E-state index is 12.2. The van der Waals surface area contributed by atoms with Gasteiger partial charge < -0.3 is 10.4 Å². The van der Waals surface area contributed by atoms with Crippen molar-refractivity contribution in [2.75, 3.05) is 5.32 Å². The molecule has 2 atom stereocenters. The van der Waals surface area contributed by atoms with Crippen molar-refractivity contribution in [2.45, 2.75) is 19.3 Å². The van der Waals surface area contributed by atoms with Gasteiger partial charge in [-0.25, -0.2) is 0 Å². The number of anilines is 1. The van der Waals surface area contributed by atoms with Gasteiger partial charge in [-0.05, 0) is 42.2 Å². The molecule has 2 aromatic carbocycles. The normalized spacial score (nSPS) is 21.3. The van der Waals surface area contributed by atoms with Gasteiger partial charge in [-0.3, -0.25) is 9.59 Å². The summed E-state index contributed by atoms with van der Waals surface area (Å²) in [4.78, 5) is 23.2. The van der Waals surface area contributed by atoms with E-state index in [1.165, 1.54) is 0 Å². The van der Waals surface area contributed by atoms with E-state index >= 15 is 0 Å². The molecular formula is C17H17NO3. The third kappa shape index (κ3) is 2.89. The van der Waals surface area contributed by atoms with Crippen LogP contribution in [0.4, 0.5) is 5.69 Å². The molecule has 2 N–H and O–H groups in total. The number of rotatable bonds is 3. The Bertz CT molecular complexity index is 695. The van der Waals surface area contributed by atoms with E-state index in [1.807, 2.05) is 42.5 Å². The van der Waals surface area contributed by atoms with E-state index in [-0.39, 0.29) is 17.7 Å². The Kier molecular flexibility index (Phi) is 3.60. The highest BCUT2D eigenvalue weighted by atomic mass is 16.4. The van der Waals surface area contributed by atoms with Crippen LogP contribution in [0, 0.1) is 11.8 Å². The molecule has 1 amide bonds. The van der Waals surface area contributed by atoms with Gasteiger partial charge >= 0.3 is 5.97 Å². The second-order valence-electron chi connectivity index (χ2n) is 5.60. The van der Waals surface area contributed by atoms with Crippen molar-refractivity contribution in [3.8, 4) is 0 Å². The Morgan fingerprint density at radius 2 is 1.71 bits per heavy atom. The molecule has 0 radical (unpaired) electrons. The predicted molar refractivity (Wildman–Crippen MR) is 81.0 cm³/mol. The van der Waals surface area contributed by atoms with Crippen LogP contribution in [0.15, 0.2) is 42.5 Å². The predicted octanol–water partition coefficient (Wildman–Crippen LogP) is 3.28. The molecule has 4 heteroatoms. The molecule has 21 heavy (non-hydrogen) atoms. The topological polar surface area (TPSA) is 66.4 Å². The Labute approximate surface area is 122 Å². The highest BCUT2D eigenvalue weighted by Crippen LogP contribution is 2.32. The summed E-state index contributed by atoms with van der Waals surface area (Å²) in [5.74, 6) is -1.44. The third-order valence-corrected chi connectivity index (χ3v) is 4.17. The first-order valence-corrected chi connectivity index (χ1v) is 7.16. The minimum atomic E-state index is -0.795. The minimum Gasteiger partial charge on any atom is -0.481 e. The van der Waals surface area contributed by atoms with Gasteiger partial charge in [0.25, 0.3) is 0 Å². The molecule has 2 aromatic rings. The summed E-state index contributed by atoms with van der Waals surface area (Å²) in [6, 6.07) is 13.8. The van der Waals surface area contributed by atoms with E-state index in [2.05, 4.69) is 5.32 Å². The van der Waals surface area contributed by atoms with Crippen molar-refractivity contribution in [1.82, 2.24) is 0 Å². The SMILES string of the molecule is O=C(O)C1CCC(C(=O)Nc2ccc3ccccc3c2)C1. The van der Waals surface area contributed by atoms with Gasteiger partial charge in [0, 0.05) is 11.6 Å². The van der Waals surface area contributed by atoms with Crippen molar-refractivity contribution >= 4 is 28.3 Å². The summed E-state index contributed by atoms with van der Waals surface area (Å²) in [5.41, 5.74) is 0.762. The summed E-state index contributed by atoms with van der Waals surface area (Å²) >= 11 is 0. The van der Waals surface area contributed by atoms with E-state index in [1.54, 1.807) is 0 Å². The number of nitrogens with one attached hydrogen (secondary N) is 1. The summed E-state index contributed by atoms with van der Waals surface area (Å²) in [5, 5.41) is 14.1. The van der Waals surface area contributed by atoms with Gasteiger partial charge in [0.1, 0.15) is 0 Å². The first kappa shape index (κ1) is 13.6. The molecule has 1 saturated carbocycles. The highest BCUT2D eigenvalue weighted by molar-refractivity contribution is 5.96. The fourth-order valence-electron chi connectivity index (χ4n) is 2.96. The molecule has 4 nitrogen and oxygen atoms in total. The molecule has 3 rings (SSSR count). The molecular weight excluding hydrogens is 266 g/mol. The molecule has 1 aliphatic rings. The fraction of sp³-hybridized carbons (Fsp3) is 0.294. The molecule has 108 valence electrons. The highest BCUT2D eigenvalue weighted by Gasteiger charge is 2.33. The molecule has 0 heterocycles. The number of carbonyl (C=O) groups is 2. The maximum atomic E-state index is 12.2. The van der Waals surface area contributed by atoms with Crippen LogP contribution in [0.25, 0.3) is 10.8 Å². The van der Waals surface area contributed by atoms with Gasteiger partial charge in [-0.15, -0.1) is 0 Å². The zero-order valence-electron chi connectivity index (χ0n) is 11.6. The number of carboxylic acid groups (broad SMARTS) is 1. The molecule has 0 spiro atoms. The van der Waals surface area contributed by atoms with Crippen molar-refractivity contribution in [2.24, 2.45) is 11.8 Å². The Morgan fingerprint density at radius 3 is 2.43 bits per heavy atom. The summed E-state index contributed by atoms with van der Waals surface area (Å²) in [7, 11) is 0. The first-order chi connectivity index (χ1) is 10.1. The summed E-state index contributed by atoms with van der Waals surface area (Å²) in [6.45, 7) is 0. The Morgan fingerprint density at radius 1 is 1.00 bits per heavy atom. The van der Waals surface area contributed by atoms with Gasteiger partial charge in [0.15, 0.2) is 0 Å². The minimum absolute atomic E-state index is 0.0750. The number of carboxylic acids is 1. The van der Waals surface area contributed by atoms with Gasteiger partial charge in [0.2, 0.25) is 5.91 Å². The first-order valence-electron chi connectivity index (χ1n) is 7.16. The molecule has 2 unspecified atom stereocenters. The zero-order valence-corrected chi connectivity index (χ0v) is 11.6. The largest absolute Gasteiger partial charge is 0.481 e. The van der Waals surface area contributed by atoms with Crippen LogP contribution in [0.2, 0.25) is 0 Å². The maximum Gasteiger partial charge on any atom is 0.306 e. The van der Waals surface area contributed by atoms with Crippen molar-refractivity contribution < 1.29 is 14.7 Å². The van der Waals surface area contributed by atoms with Crippen molar-refractivity contribution in [3.63, 3.8) is 0 Å². The standard InChI is InChI=1S/C17H17NO3/c19-16(13-5-6-14(9-13)17(20)21)18-15-8-7-11-3-1-2-4-12(11)10-15/h1-4,7-8,10,13-14H,5-6,9H2,(H,18,19)(H,20,21). The van der Waals surface area contributed by atoms with Crippen LogP contribution in [-0.2, 0) is 9.59 Å². The molecule has 1 fully saturated rings. The number of benzene rings is 2. The quantitative estimate of drug-likeness (QED) is 0.908. The van der Waals surface area contributed by atoms with E-state index in [4.69, 9.17) is 5.11 Å². The lowest BCUT2D eigenvalue weighted by atomic mass is 10.0. The zero-order chi connectivity index (χ0) is 14.8. The van der Waals surface area contributed by atoms with Gasteiger partial charge in [0.05, 0.1) is 5.92 Å². The lowest BCUT2D eigenvalue weighted by Gasteiger charge is -2.11. The number of aliphatic carboxylic acids is 1. The average molecular weight is 283 g/mol. The third-order valence-electron chi connectivity index (χ3n) is 4.17. The number of hydrogen-bond donors (Lipinski definition) is 2. The van der Waals surface area contributed by atoms with Crippen LogP contribution < -0.4 is 5.32 Å². The van der Waals surface area contributed by atoms with Crippen LogP contribution in [0.3, 0.4) is 0 Å². The smallest absolute Gasteiger partial charge is 0.306 e. The van der Waals surface area contributed by atoms with Gasteiger partial charge in [-0.1, -0.05) is 30.3 Å². The Balaban J connectivity index is 1.70. The van der Waals surface area contributed by atoms with Crippen LogP contribution >= 0.6 is 0 Å². The van der Waals surface area contributed by atoms with E-state index in [0.717, 1.165) is 16.5 Å². The van der Waals surface area contributed by atoms with Crippen molar-refractivity contribution in [3.05, 3.63) is 42.5 Å². The van der Waals surface area contributed by atoms with E-state index in [9.17, 15) is 9.59 Å². The second kappa shape index (κ2) is 5.56. The molecule has 0 aliphatic heterocycles. The van der Waals surface area contributed by atoms with E-state index in [0.29, 0.717) is 19.3 Å². The number of amides is 1. The number of hydrogen-bond acceptors (Lipinski definition) is 2. The van der Waals surface area contributed by atoms with Crippen LogP contribution in [0.5, 0.6) is 0 Å². The van der Waals surface area contributed by atoms with E-state index < -0.39 is 5.97 Å². The lowest BCUT2D eigenvalue weighted by Crippen LogP contribution is -2.21. The summed E-state index contributed by atoms with van der Waals surface area (Å²) in [6.07, 6.45) is 1.68. The lowest BCUT2D eigenvalue weighted by molar-refractivity contribution is -0.141. The fourth-order valence-corrected chi connectivity index (χ4v) is 2.96.